The maximum atomic E-state index is 5.17. The molecule has 0 saturated carbocycles. The Hall–Kier alpha value is -3.54. The summed E-state index contributed by atoms with van der Waals surface area (Å²) in [5.41, 5.74) is 5.34. The largest absolute Gasteiger partial charge is 0.275 e. The molecule has 0 radical (unpaired) electrons. The van der Waals surface area contributed by atoms with Crippen LogP contribution in [0.1, 0.15) is 0 Å². The lowest BCUT2D eigenvalue weighted by Crippen LogP contribution is -2.21. The summed E-state index contributed by atoms with van der Waals surface area (Å²) in [5, 5.41) is 0. The van der Waals surface area contributed by atoms with Gasteiger partial charge < -0.3 is 0 Å². The van der Waals surface area contributed by atoms with Crippen molar-refractivity contribution in [3.05, 3.63) is 103 Å². The minimum Gasteiger partial charge on any atom is -0.275 e. The number of pyridine rings is 2. The molecule has 0 unspecified atom stereocenters. The predicted octanol–water partition coefficient (Wildman–Crippen LogP) is 8.21. The van der Waals surface area contributed by atoms with Crippen molar-refractivity contribution in [2.24, 2.45) is 0 Å². The number of para-hydroxylation sites is 1. The van der Waals surface area contributed by atoms with Crippen LogP contribution in [0.25, 0.3) is 22.5 Å². The molecule has 2 aliphatic rings. The third kappa shape index (κ3) is 3.08. The number of nitrogens with zero attached hydrogens (tertiary/aromatic N) is 3. The monoisotopic (exact) mass is 459 g/mol. The van der Waals surface area contributed by atoms with Crippen LogP contribution < -0.4 is 4.90 Å². The van der Waals surface area contributed by atoms with Crippen molar-refractivity contribution >= 4 is 40.8 Å². The van der Waals surface area contributed by atoms with E-state index in [4.69, 9.17) is 9.97 Å². The lowest BCUT2D eigenvalue weighted by atomic mass is 10.1. The van der Waals surface area contributed by atoms with Gasteiger partial charge in [0.1, 0.15) is 0 Å². The Kier molecular flexibility index (Phi) is 4.32. The number of fused-ring (bicyclic) bond motifs is 4. The summed E-state index contributed by atoms with van der Waals surface area (Å²) < 4.78 is 0. The van der Waals surface area contributed by atoms with Gasteiger partial charge in [-0.1, -0.05) is 90.3 Å². The molecule has 7 rings (SSSR count). The van der Waals surface area contributed by atoms with Crippen molar-refractivity contribution in [2.45, 2.75) is 19.6 Å². The molecule has 2 aromatic heterocycles. The van der Waals surface area contributed by atoms with Crippen LogP contribution in [-0.4, -0.2) is 9.97 Å². The fraction of sp³-hybridized carbons (Fsp3) is 0. The van der Waals surface area contributed by atoms with Gasteiger partial charge in [0.2, 0.25) is 0 Å². The third-order valence-corrected chi connectivity index (χ3v) is 8.04. The van der Waals surface area contributed by atoms with E-state index in [9.17, 15) is 0 Å². The zero-order valence-corrected chi connectivity index (χ0v) is 19.1. The van der Waals surface area contributed by atoms with Crippen molar-refractivity contribution in [1.29, 1.82) is 0 Å². The van der Waals surface area contributed by atoms with Crippen LogP contribution in [0.2, 0.25) is 0 Å². The molecule has 0 amide bonds. The second-order valence-corrected chi connectivity index (χ2v) is 10.1. The van der Waals surface area contributed by atoms with E-state index in [0.29, 0.717) is 0 Å². The van der Waals surface area contributed by atoms with Gasteiger partial charge in [-0.3, -0.25) is 4.90 Å². The predicted molar refractivity (Wildman–Crippen MR) is 136 cm³/mol. The highest BCUT2D eigenvalue weighted by Crippen LogP contribution is 2.59. The summed E-state index contributed by atoms with van der Waals surface area (Å²) in [5.74, 6) is 1.89. The van der Waals surface area contributed by atoms with Crippen molar-refractivity contribution in [2.75, 3.05) is 4.90 Å². The van der Waals surface area contributed by atoms with Crippen LogP contribution in [0, 0.1) is 0 Å². The van der Waals surface area contributed by atoms with Crippen LogP contribution in [0.15, 0.2) is 123 Å². The number of aromatic nitrogens is 2. The highest BCUT2D eigenvalue weighted by molar-refractivity contribution is 8.00. The standard InChI is InChI=1S/C28H17N3S2/c1-3-8-18(9-4-1)20-14-16-24-27(29-20)31-26-22(32-24)12-7-13-23(26)33-25-17-15-21(30-28(25)31)19-10-5-2-6-11-19/h1-17H. The molecule has 0 aliphatic carbocycles. The summed E-state index contributed by atoms with van der Waals surface area (Å²) in [6.45, 7) is 0. The molecule has 3 nitrogen and oxygen atoms in total. The maximum absolute atomic E-state index is 5.17. The van der Waals surface area contributed by atoms with Crippen LogP contribution in [-0.2, 0) is 0 Å². The summed E-state index contributed by atoms with van der Waals surface area (Å²) in [4.78, 5) is 17.4. The van der Waals surface area contributed by atoms with Crippen LogP contribution >= 0.6 is 23.5 Å². The number of rotatable bonds is 2. The van der Waals surface area contributed by atoms with Crippen molar-refractivity contribution < 1.29 is 0 Å². The number of anilines is 3. The second kappa shape index (κ2) is 7.51. The lowest BCUT2D eigenvalue weighted by Gasteiger charge is -2.36. The SMILES string of the molecule is c1ccc(-c2ccc3c(n2)N2c4nc(-c5ccccc5)ccc4Sc4cccc(c42)S3)cc1. The van der Waals surface area contributed by atoms with E-state index in [1.165, 1.54) is 15.5 Å². The molecule has 3 aromatic carbocycles. The van der Waals surface area contributed by atoms with Gasteiger partial charge in [-0.25, -0.2) is 9.97 Å². The highest BCUT2D eigenvalue weighted by atomic mass is 32.2. The number of hydrogen-bond acceptors (Lipinski definition) is 5. The molecule has 0 atom stereocenters. The first-order valence-electron chi connectivity index (χ1n) is 10.8. The van der Waals surface area contributed by atoms with E-state index in [2.05, 4.69) is 95.9 Å². The zero-order valence-electron chi connectivity index (χ0n) is 17.5. The van der Waals surface area contributed by atoms with Gasteiger partial charge in [-0.15, -0.1) is 0 Å². The zero-order chi connectivity index (χ0) is 21.8. The Morgan fingerprint density at radius 2 is 0.939 bits per heavy atom. The summed E-state index contributed by atoms with van der Waals surface area (Å²) >= 11 is 3.57. The van der Waals surface area contributed by atoms with Gasteiger partial charge in [0.15, 0.2) is 11.6 Å². The molecule has 0 saturated heterocycles. The number of hydrogen-bond donors (Lipinski definition) is 0. The minimum absolute atomic E-state index is 0.945. The van der Waals surface area contributed by atoms with Gasteiger partial charge in [-0.2, -0.15) is 0 Å². The number of benzene rings is 3. The molecule has 2 aliphatic heterocycles. The van der Waals surface area contributed by atoms with Crippen molar-refractivity contribution in [3.8, 4) is 22.5 Å². The lowest BCUT2D eigenvalue weighted by molar-refractivity contribution is 1.00. The molecular weight excluding hydrogens is 442 g/mol. The highest BCUT2D eigenvalue weighted by Gasteiger charge is 2.35. The Balaban J connectivity index is 1.46. The Bertz CT molecular complexity index is 1410. The molecule has 33 heavy (non-hydrogen) atoms. The molecule has 0 N–H and O–H groups in total. The van der Waals surface area contributed by atoms with Gasteiger partial charge in [0, 0.05) is 20.9 Å². The third-order valence-electron chi connectivity index (χ3n) is 5.87. The maximum Gasteiger partial charge on any atom is 0.153 e. The quantitative estimate of drug-likeness (QED) is 0.260. The van der Waals surface area contributed by atoms with Gasteiger partial charge in [0.25, 0.3) is 0 Å². The summed E-state index contributed by atoms with van der Waals surface area (Å²) in [6.07, 6.45) is 0. The van der Waals surface area contributed by atoms with Crippen LogP contribution in [0.5, 0.6) is 0 Å². The Morgan fingerprint density at radius 3 is 1.42 bits per heavy atom. The molecule has 0 bridgehead atoms. The average molecular weight is 460 g/mol. The van der Waals surface area contributed by atoms with Crippen molar-refractivity contribution in [3.63, 3.8) is 0 Å². The van der Waals surface area contributed by atoms with Gasteiger partial charge >= 0.3 is 0 Å². The first kappa shape index (κ1) is 19.0. The fourth-order valence-electron chi connectivity index (χ4n) is 4.33. The van der Waals surface area contributed by atoms with Gasteiger partial charge in [0.05, 0.1) is 26.9 Å². The van der Waals surface area contributed by atoms with Gasteiger partial charge in [-0.05, 0) is 36.4 Å². The summed E-state index contributed by atoms with van der Waals surface area (Å²) in [6, 6.07) is 35.8. The minimum atomic E-state index is 0.945. The van der Waals surface area contributed by atoms with E-state index >= 15 is 0 Å². The first-order valence-corrected chi connectivity index (χ1v) is 12.4. The Labute approximate surface area is 200 Å². The second-order valence-electron chi connectivity index (χ2n) is 7.91. The van der Waals surface area contributed by atoms with Crippen LogP contribution in [0.3, 0.4) is 0 Å². The van der Waals surface area contributed by atoms with E-state index in [-0.39, 0.29) is 0 Å². The van der Waals surface area contributed by atoms with E-state index < -0.39 is 0 Å². The van der Waals surface area contributed by atoms with E-state index in [0.717, 1.165) is 43.9 Å². The van der Waals surface area contributed by atoms with E-state index in [1.54, 1.807) is 23.5 Å². The first-order chi connectivity index (χ1) is 16.3. The Morgan fingerprint density at radius 1 is 0.455 bits per heavy atom. The molecule has 5 heteroatoms. The average Bonchev–Trinajstić information content (AvgIpc) is 2.89. The molecule has 4 heterocycles. The smallest absolute Gasteiger partial charge is 0.153 e. The molecule has 0 fully saturated rings. The normalized spacial score (nSPS) is 13.2. The topological polar surface area (TPSA) is 29.0 Å². The molecule has 0 spiro atoms. The fourth-order valence-corrected chi connectivity index (χ4v) is 6.48. The molecule has 5 aromatic rings. The molecular formula is C28H17N3S2. The van der Waals surface area contributed by atoms with E-state index in [1.807, 2.05) is 12.1 Å². The summed E-state index contributed by atoms with van der Waals surface area (Å²) in [7, 11) is 0. The van der Waals surface area contributed by atoms with Crippen molar-refractivity contribution in [1.82, 2.24) is 9.97 Å². The molecule has 156 valence electrons. The van der Waals surface area contributed by atoms with Crippen LogP contribution in [0.4, 0.5) is 17.3 Å².